The lowest BCUT2D eigenvalue weighted by Gasteiger charge is -2.22. The Morgan fingerprint density at radius 1 is 1.41 bits per heavy atom. The Morgan fingerprint density at radius 2 is 2.05 bits per heavy atom. The second kappa shape index (κ2) is 7.49. The number of carboxylic acid groups (broad SMARTS) is 1. The van der Waals surface area contributed by atoms with E-state index < -0.39 is 18.2 Å². The van der Waals surface area contributed by atoms with Crippen molar-refractivity contribution >= 4 is 11.7 Å². The molecule has 0 aromatic heterocycles. The fourth-order valence-electron chi connectivity index (χ4n) is 2.43. The van der Waals surface area contributed by atoms with Gasteiger partial charge in [-0.1, -0.05) is 19.1 Å². The van der Waals surface area contributed by atoms with E-state index in [2.05, 4.69) is 4.74 Å². The molecule has 0 radical (unpaired) electrons. The number of methoxy groups -OCH3 is 1. The molecular formula is C15H20F3NO3. The van der Waals surface area contributed by atoms with E-state index in [1.807, 2.05) is 6.92 Å². The van der Waals surface area contributed by atoms with Gasteiger partial charge in [-0.3, -0.25) is 4.79 Å². The summed E-state index contributed by atoms with van der Waals surface area (Å²) in [5.74, 6) is -0.959. The van der Waals surface area contributed by atoms with Gasteiger partial charge in [0.2, 0.25) is 0 Å². The van der Waals surface area contributed by atoms with Gasteiger partial charge in [-0.15, -0.1) is 0 Å². The highest BCUT2D eigenvalue weighted by Gasteiger charge is 2.42. The number of alkyl halides is 3. The van der Waals surface area contributed by atoms with Gasteiger partial charge < -0.3 is 15.6 Å². The van der Waals surface area contributed by atoms with E-state index in [0.717, 1.165) is 12.7 Å². The van der Waals surface area contributed by atoms with Gasteiger partial charge in [-0.25, -0.2) is 0 Å². The number of anilines is 1. The Hall–Kier alpha value is -1.76. The molecule has 0 heterocycles. The maximum atomic E-state index is 12.9. The molecule has 124 valence electrons. The lowest BCUT2D eigenvalue weighted by atomic mass is 9.90. The van der Waals surface area contributed by atoms with Gasteiger partial charge in [0.05, 0.1) is 0 Å². The van der Waals surface area contributed by atoms with Crippen LogP contribution in [0.1, 0.15) is 49.3 Å². The predicted octanol–water partition coefficient (Wildman–Crippen LogP) is 3.88. The molecule has 22 heavy (non-hydrogen) atoms. The zero-order valence-electron chi connectivity index (χ0n) is 12.5. The molecule has 0 fully saturated rings. The summed E-state index contributed by atoms with van der Waals surface area (Å²) in [6.45, 7) is 1.89. The Bertz CT molecular complexity index is 517. The van der Waals surface area contributed by atoms with Crippen LogP contribution in [-0.4, -0.2) is 24.4 Å². The summed E-state index contributed by atoms with van der Waals surface area (Å²) in [7, 11) is 0.979. The van der Waals surface area contributed by atoms with Gasteiger partial charge in [-0.05, 0) is 30.4 Å². The van der Waals surface area contributed by atoms with E-state index in [9.17, 15) is 18.0 Å². The van der Waals surface area contributed by atoms with Crippen LogP contribution in [0.4, 0.5) is 18.9 Å². The van der Waals surface area contributed by atoms with Gasteiger partial charge in [0.1, 0.15) is 0 Å². The average molecular weight is 319 g/mol. The SMILES string of the molecule is CC[C@H](CCC(=O)O)c1ccc([C@@H](OC)C(F)(F)F)c(N)c1. The van der Waals surface area contributed by atoms with Gasteiger partial charge in [-0.2, -0.15) is 13.2 Å². The molecule has 0 saturated heterocycles. The molecule has 0 aliphatic rings. The number of hydrogen-bond acceptors (Lipinski definition) is 3. The van der Waals surface area contributed by atoms with E-state index in [1.54, 1.807) is 6.07 Å². The Labute approximate surface area is 127 Å². The van der Waals surface area contributed by atoms with E-state index >= 15 is 0 Å². The van der Waals surface area contributed by atoms with Crippen LogP contribution in [0, 0.1) is 0 Å². The molecule has 0 saturated carbocycles. The monoisotopic (exact) mass is 319 g/mol. The normalized spacial score (nSPS) is 14.6. The number of ether oxygens (including phenoxy) is 1. The highest BCUT2D eigenvalue weighted by Crippen LogP contribution is 2.39. The number of aliphatic carboxylic acids is 1. The molecule has 3 N–H and O–H groups in total. The number of rotatable bonds is 7. The second-order valence-corrected chi connectivity index (χ2v) is 5.08. The standard InChI is InChI=1S/C15H20F3NO3/c1-3-9(5-7-13(20)21)10-4-6-11(12(19)8-10)14(22-2)15(16,17)18/h4,6,8-9,14H,3,5,7,19H2,1-2H3,(H,20,21)/t9-,14-/m1/s1. The molecule has 4 nitrogen and oxygen atoms in total. The van der Waals surface area contributed by atoms with Crippen molar-refractivity contribution in [3.63, 3.8) is 0 Å². The molecule has 0 unspecified atom stereocenters. The number of hydrogen-bond donors (Lipinski definition) is 2. The van der Waals surface area contributed by atoms with Crippen LogP contribution in [0.3, 0.4) is 0 Å². The van der Waals surface area contributed by atoms with Crippen LogP contribution < -0.4 is 5.73 Å². The van der Waals surface area contributed by atoms with E-state index in [-0.39, 0.29) is 23.6 Å². The van der Waals surface area contributed by atoms with E-state index in [1.165, 1.54) is 12.1 Å². The number of nitrogen functional groups attached to an aromatic ring is 1. The Morgan fingerprint density at radius 3 is 2.45 bits per heavy atom. The largest absolute Gasteiger partial charge is 0.481 e. The number of carbonyl (C=O) groups is 1. The van der Waals surface area contributed by atoms with Crippen LogP contribution in [0.25, 0.3) is 0 Å². The highest BCUT2D eigenvalue weighted by molar-refractivity contribution is 5.66. The first-order valence-corrected chi connectivity index (χ1v) is 6.91. The summed E-state index contributed by atoms with van der Waals surface area (Å²) in [6, 6.07) is 4.33. The maximum Gasteiger partial charge on any atom is 0.418 e. The first-order valence-electron chi connectivity index (χ1n) is 6.91. The van der Waals surface area contributed by atoms with Crippen molar-refractivity contribution in [2.24, 2.45) is 0 Å². The topological polar surface area (TPSA) is 72.5 Å². The maximum absolute atomic E-state index is 12.9. The number of benzene rings is 1. The van der Waals surface area contributed by atoms with Crippen molar-refractivity contribution in [3.8, 4) is 0 Å². The molecule has 0 aliphatic heterocycles. The average Bonchev–Trinajstić information content (AvgIpc) is 2.40. The van der Waals surface area contributed by atoms with Gasteiger partial charge in [0.15, 0.2) is 6.10 Å². The third kappa shape index (κ3) is 4.62. The molecule has 2 atom stereocenters. The first-order chi connectivity index (χ1) is 10.2. The number of nitrogens with two attached hydrogens (primary N) is 1. The van der Waals surface area contributed by atoms with Crippen molar-refractivity contribution in [1.82, 2.24) is 0 Å². The van der Waals surface area contributed by atoms with Gasteiger partial charge >= 0.3 is 12.1 Å². The first kappa shape index (κ1) is 18.3. The molecule has 1 aromatic carbocycles. The molecule has 1 aromatic rings. The van der Waals surface area contributed by atoms with Crippen LogP contribution in [-0.2, 0) is 9.53 Å². The fraction of sp³-hybridized carbons (Fsp3) is 0.533. The van der Waals surface area contributed by atoms with E-state index in [0.29, 0.717) is 12.8 Å². The van der Waals surface area contributed by atoms with E-state index in [4.69, 9.17) is 10.8 Å². The minimum absolute atomic E-state index is 0.00338. The Balaban J connectivity index is 3.04. The zero-order valence-corrected chi connectivity index (χ0v) is 12.5. The summed E-state index contributed by atoms with van der Waals surface area (Å²) >= 11 is 0. The third-order valence-electron chi connectivity index (χ3n) is 3.60. The Kier molecular flexibility index (Phi) is 6.22. The molecule has 0 bridgehead atoms. The van der Waals surface area contributed by atoms with Crippen LogP contribution >= 0.6 is 0 Å². The minimum atomic E-state index is -4.54. The molecule has 0 amide bonds. The number of halogens is 3. The molecular weight excluding hydrogens is 299 g/mol. The summed E-state index contributed by atoms with van der Waals surface area (Å²) in [5.41, 5.74) is 6.35. The predicted molar refractivity (Wildman–Crippen MR) is 76.6 cm³/mol. The smallest absolute Gasteiger partial charge is 0.418 e. The van der Waals surface area contributed by atoms with Crippen LogP contribution in [0.15, 0.2) is 18.2 Å². The van der Waals surface area contributed by atoms with Crippen molar-refractivity contribution < 1.29 is 27.8 Å². The molecule has 1 rings (SSSR count). The minimum Gasteiger partial charge on any atom is -0.481 e. The van der Waals surface area contributed by atoms with Crippen LogP contribution in [0.2, 0.25) is 0 Å². The fourth-order valence-corrected chi connectivity index (χ4v) is 2.43. The summed E-state index contributed by atoms with van der Waals surface area (Å²) in [4.78, 5) is 10.6. The molecule has 0 spiro atoms. The lowest BCUT2D eigenvalue weighted by molar-refractivity contribution is -0.215. The molecule has 0 aliphatic carbocycles. The summed E-state index contributed by atoms with van der Waals surface area (Å²) in [5, 5.41) is 8.73. The van der Waals surface area contributed by atoms with Gasteiger partial charge in [0.25, 0.3) is 0 Å². The number of carboxylic acids is 1. The van der Waals surface area contributed by atoms with Gasteiger partial charge in [0, 0.05) is 24.8 Å². The van der Waals surface area contributed by atoms with Crippen LogP contribution in [0.5, 0.6) is 0 Å². The molecule has 7 heteroatoms. The van der Waals surface area contributed by atoms with Crippen molar-refractivity contribution in [2.45, 2.75) is 44.4 Å². The second-order valence-electron chi connectivity index (χ2n) is 5.08. The quantitative estimate of drug-likeness (QED) is 0.748. The van der Waals surface area contributed by atoms with Crippen molar-refractivity contribution in [3.05, 3.63) is 29.3 Å². The van der Waals surface area contributed by atoms with Crippen molar-refractivity contribution in [1.29, 1.82) is 0 Å². The third-order valence-corrected chi connectivity index (χ3v) is 3.60. The highest BCUT2D eigenvalue weighted by atomic mass is 19.4. The van der Waals surface area contributed by atoms with Crippen molar-refractivity contribution in [2.75, 3.05) is 12.8 Å². The zero-order chi connectivity index (χ0) is 16.9. The lowest BCUT2D eigenvalue weighted by Crippen LogP contribution is -2.23. The summed E-state index contributed by atoms with van der Waals surface area (Å²) in [6.07, 6.45) is -5.52. The summed E-state index contributed by atoms with van der Waals surface area (Å²) < 4.78 is 43.1.